The minimum absolute atomic E-state index is 0.124. The molecule has 0 fully saturated rings. The summed E-state index contributed by atoms with van der Waals surface area (Å²) in [6.45, 7) is 1.21. The molecule has 11 heteroatoms. The molecular weight excluding hydrogens is 397 g/mol. The van der Waals surface area contributed by atoms with Crippen LogP contribution in [0, 0.1) is 6.92 Å². The Morgan fingerprint density at radius 1 is 1.06 bits per heavy atom. The summed E-state index contributed by atoms with van der Waals surface area (Å²) in [7, 11) is 16.1. The molecule has 2 aromatic carbocycles. The lowest BCUT2D eigenvalue weighted by molar-refractivity contribution is -0.144. The van der Waals surface area contributed by atoms with Crippen LogP contribution in [0.4, 0.5) is 5.69 Å². The first-order chi connectivity index (χ1) is 14.3. The maximum atomic E-state index is 12.2. The molecule has 0 atom stereocenters. The number of hydrogen-bond donors (Lipinski definition) is 4. The molecule has 0 bridgehead atoms. The topological polar surface area (TPSA) is 123 Å². The number of aryl methyl sites for hydroxylation is 1. The van der Waals surface area contributed by atoms with Crippen molar-refractivity contribution in [2.24, 2.45) is 0 Å². The van der Waals surface area contributed by atoms with Crippen LogP contribution in [0.15, 0.2) is 57.7 Å². The van der Waals surface area contributed by atoms with Crippen LogP contribution in [-0.2, 0) is 4.79 Å². The van der Waals surface area contributed by atoms with E-state index in [2.05, 4.69) is 0 Å². The molecule has 0 spiro atoms. The fraction of sp³-hybridized carbons (Fsp3) is 0.200. The van der Waals surface area contributed by atoms with Gasteiger partial charge < -0.3 is 30.0 Å². The molecule has 3 rings (SSSR count). The van der Waals surface area contributed by atoms with Crippen molar-refractivity contribution >= 4 is 46.1 Å². The van der Waals surface area contributed by atoms with Crippen LogP contribution in [-0.4, -0.2) is 62.6 Å². The van der Waals surface area contributed by atoms with Crippen LogP contribution in [0.1, 0.15) is 5.56 Å². The minimum atomic E-state index is -2.97. The van der Waals surface area contributed by atoms with E-state index >= 15 is 0 Å². The van der Waals surface area contributed by atoms with Crippen molar-refractivity contribution in [3.05, 3.63) is 64.5 Å². The van der Waals surface area contributed by atoms with Crippen molar-refractivity contribution in [3.63, 3.8) is 0 Å². The third-order valence-electron chi connectivity index (χ3n) is 4.53. The van der Waals surface area contributed by atoms with Gasteiger partial charge in [0.05, 0.1) is 6.54 Å². The molecule has 1 aromatic heterocycles. The minimum Gasteiger partial charge on any atom is -0.423 e. The summed E-state index contributed by atoms with van der Waals surface area (Å²) in [4.78, 5) is 25.1. The van der Waals surface area contributed by atoms with Gasteiger partial charge in [-0.3, -0.25) is 4.79 Å². The fourth-order valence-corrected chi connectivity index (χ4v) is 3.23. The third kappa shape index (κ3) is 5.38. The van der Waals surface area contributed by atoms with Crippen LogP contribution in [0.2, 0.25) is 0 Å². The Labute approximate surface area is 181 Å². The molecule has 0 aliphatic heterocycles. The number of anilines is 1. The number of nitrogens with one attached hydrogen (secondary N) is 1. The average Bonchev–Trinajstić information content (AvgIpc) is 2.63. The van der Waals surface area contributed by atoms with Gasteiger partial charge >= 0.3 is 5.63 Å². The van der Waals surface area contributed by atoms with E-state index in [0.717, 1.165) is 16.0 Å². The molecule has 152 valence electrons. The van der Waals surface area contributed by atoms with Gasteiger partial charge in [-0.15, -0.1) is 0 Å². The Kier molecular flexibility index (Phi) is 6.04. The Hall–Kier alpha value is -3.01. The lowest BCUT2D eigenvalue weighted by atomic mass is 9.71. The zero-order valence-electron chi connectivity index (χ0n) is 16.6. The van der Waals surface area contributed by atoms with Gasteiger partial charge in [0.2, 0.25) is 5.91 Å². The summed E-state index contributed by atoms with van der Waals surface area (Å²) in [6.07, 6.45) is 0. The van der Waals surface area contributed by atoms with E-state index in [4.69, 9.17) is 38.2 Å². The van der Waals surface area contributed by atoms with Crippen LogP contribution >= 0.6 is 0 Å². The normalized spacial score (nSPS) is 12.0. The maximum absolute atomic E-state index is 12.2. The highest BCUT2D eigenvalue weighted by atomic mass is 16.5. The predicted octanol–water partition coefficient (Wildman–Crippen LogP) is -0.604. The number of hydrogen-bond acceptors (Lipinski definition) is 7. The second kappa shape index (κ2) is 8.26. The zero-order valence-corrected chi connectivity index (χ0v) is 16.6. The molecule has 0 saturated carbocycles. The van der Waals surface area contributed by atoms with Crippen LogP contribution < -0.4 is 15.8 Å². The van der Waals surface area contributed by atoms with Crippen LogP contribution in [0.5, 0.6) is 0 Å². The fourth-order valence-electron chi connectivity index (χ4n) is 3.23. The molecule has 0 aliphatic rings. The monoisotopic (exact) mass is 414 g/mol. The number of carbonyl (C=O) groups is 1. The number of aliphatic hydroxyl groups is 3. The first-order valence-electron chi connectivity index (χ1n) is 9.11. The van der Waals surface area contributed by atoms with Crippen molar-refractivity contribution < 1.29 is 24.5 Å². The molecule has 4 N–H and O–H groups in total. The predicted molar refractivity (Wildman–Crippen MR) is 118 cm³/mol. The van der Waals surface area contributed by atoms with Gasteiger partial charge in [-0.05, 0) is 30.2 Å². The second-order valence-electron chi connectivity index (χ2n) is 7.12. The summed E-state index contributed by atoms with van der Waals surface area (Å²) < 4.78 is 5.31. The SMILES string of the molecule is [B]C(O)(O)NC(=O)CN(c1ccc2c(-c3ccccc3C)cc(=O)oc2c1)C([B])([B])O. The Balaban J connectivity index is 2.09. The van der Waals surface area contributed by atoms with Gasteiger partial charge in [0.15, 0.2) is 13.7 Å². The first-order valence-corrected chi connectivity index (χ1v) is 9.11. The molecule has 0 saturated heterocycles. The summed E-state index contributed by atoms with van der Waals surface area (Å²) in [5.41, 5.74) is -0.395. The molecular formula is C20H17B3N2O6. The van der Waals surface area contributed by atoms with E-state index < -0.39 is 29.4 Å². The number of benzene rings is 2. The lowest BCUT2D eigenvalue weighted by Crippen LogP contribution is -2.57. The smallest absolute Gasteiger partial charge is 0.336 e. The van der Waals surface area contributed by atoms with Crippen LogP contribution in [0.25, 0.3) is 22.1 Å². The van der Waals surface area contributed by atoms with E-state index in [1.165, 1.54) is 18.2 Å². The van der Waals surface area contributed by atoms with Crippen molar-refractivity contribution in [1.82, 2.24) is 5.32 Å². The highest BCUT2D eigenvalue weighted by molar-refractivity contribution is 6.40. The highest BCUT2D eigenvalue weighted by Crippen LogP contribution is 2.32. The molecule has 1 heterocycles. The van der Waals surface area contributed by atoms with Gasteiger partial charge in [0.1, 0.15) is 21.3 Å². The molecule has 1 amide bonds. The molecule has 8 nitrogen and oxygen atoms in total. The zero-order chi connectivity index (χ0) is 23.0. The average molecular weight is 414 g/mol. The molecule has 0 aliphatic carbocycles. The Bertz CT molecular complexity index is 1180. The first kappa shape index (κ1) is 22.7. The maximum Gasteiger partial charge on any atom is 0.336 e. The van der Waals surface area contributed by atoms with E-state index in [0.29, 0.717) is 10.9 Å². The van der Waals surface area contributed by atoms with Gasteiger partial charge in [0, 0.05) is 34.3 Å². The summed E-state index contributed by atoms with van der Waals surface area (Å²) in [6, 6.07) is 13.4. The summed E-state index contributed by atoms with van der Waals surface area (Å²) in [5, 5.41) is 30.6. The Morgan fingerprint density at radius 3 is 2.35 bits per heavy atom. The molecule has 6 radical (unpaired) electrons. The molecule has 0 unspecified atom stereocenters. The van der Waals surface area contributed by atoms with Gasteiger partial charge in [-0.2, -0.15) is 0 Å². The van der Waals surface area contributed by atoms with Gasteiger partial charge in [-0.1, -0.05) is 24.3 Å². The Morgan fingerprint density at radius 2 is 1.74 bits per heavy atom. The van der Waals surface area contributed by atoms with Crippen molar-refractivity contribution in [1.29, 1.82) is 0 Å². The number of carbonyl (C=O) groups excluding carboxylic acids is 1. The number of amides is 1. The van der Waals surface area contributed by atoms with E-state index in [1.807, 2.05) is 31.2 Å². The van der Waals surface area contributed by atoms with Gasteiger partial charge in [-0.25, -0.2) is 4.79 Å². The summed E-state index contributed by atoms with van der Waals surface area (Å²) in [5.74, 6) is -3.97. The van der Waals surface area contributed by atoms with Crippen LogP contribution in [0.3, 0.4) is 0 Å². The van der Waals surface area contributed by atoms with Gasteiger partial charge in [0.25, 0.3) is 0 Å². The van der Waals surface area contributed by atoms with Crippen molar-refractivity contribution in [2.75, 3.05) is 11.4 Å². The number of nitrogens with zero attached hydrogens (tertiary/aromatic N) is 1. The van der Waals surface area contributed by atoms with Crippen molar-refractivity contribution in [3.8, 4) is 11.1 Å². The molecule has 31 heavy (non-hydrogen) atoms. The quantitative estimate of drug-likeness (QED) is 0.241. The number of fused-ring (bicyclic) bond motifs is 1. The summed E-state index contributed by atoms with van der Waals surface area (Å²) >= 11 is 0. The highest BCUT2D eigenvalue weighted by Gasteiger charge is 2.28. The molecule has 3 aromatic rings. The van der Waals surface area contributed by atoms with E-state index in [9.17, 15) is 14.7 Å². The lowest BCUT2D eigenvalue weighted by Gasteiger charge is -2.37. The van der Waals surface area contributed by atoms with E-state index in [-0.39, 0.29) is 11.3 Å². The second-order valence-corrected chi connectivity index (χ2v) is 7.12. The number of rotatable bonds is 6. The standard InChI is InChI=1S/C20H17B3N2O6/c1-11-4-2-3-5-13(11)15-9-18(27)31-16-8-12(6-7-14(15)16)25(19(21,22)28)10-17(26)24-20(23,29)30/h2-9,28-30H,10H2,1H3,(H,24,26). The van der Waals surface area contributed by atoms with Crippen molar-refractivity contribution in [2.45, 2.75) is 18.3 Å². The van der Waals surface area contributed by atoms with E-state index in [1.54, 1.807) is 11.4 Å². The largest absolute Gasteiger partial charge is 0.423 e. The third-order valence-corrected chi connectivity index (χ3v) is 4.53.